The molecule has 0 N–H and O–H groups in total. The topological polar surface area (TPSA) is 64.8 Å². The van der Waals surface area contributed by atoms with Gasteiger partial charge >= 0.3 is 5.69 Å². The van der Waals surface area contributed by atoms with Crippen molar-refractivity contribution in [3.05, 3.63) is 92.7 Å². The zero-order valence-electron chi connectivity index (χ0n) is 18.4. The van der Waals surface area contributed by atoms with Gasteiger partial charge in [-0.1, -0.05) is 42.5 Å². The van der Waals surface area contributed by atoms with Crippen molar-refractivity contribution in [2.75, 3.05) is 26.2 Å². The number of hydrogen-bond acceptors (Lipinski definition) is 6. The minimum Gasteiger partial charge on any atom is -0.487 e. The highest BCUT2D eigenvalue weighted by Gasteiger charge is 2.25. The fourth-order valence-electron chi connectivity index (χ4n) is 4.06. The lowest BCUT2D eigenvalue weighted by molar-refractivity contribution is -0.385. The number of ether oxygens (including phenoxy) is 2. The van der Waals surface area contributed by atoms with Gasteiger partial charge in [0.25, 0.3) is 0 Å². The van der Waals surface area contributed by atoms with Crippen LogP contribution in [0.25, 0.3) is 0 Å². The molecule has 1 fully saturated rings. The monoisotopic (exact) mass is 488 g/mol. The predicted octanol–water partition coefficient (Wildman–Crippen LogP) is 6.12. The second kappa shape index (κ2) is 12.7. The molecule has 2 aromatic carbocycles. The summed E-state index contributed by atoms with van der Waals surface area (Å²) in [5.74, 6) is 0.338. The van der Waals surface area contributed by atoms with Crippen molar-refractivity contribution < 1.29 is 14.4 Å². The molecule has 176 valence electrons. The standard InChI is InChI=1S/C25H28N2O4S.ClH/c28-27(29)23-9-4-5-10-24(23)30-17-6-14-26-15-11-22(12-16-26)31-25(21-13-18-32-19-21)20-7-2-1-3-8-20;/h1-5,7-10,13,18-19,22,25H,6,11-12,14-17H2;1H. The highest BCUT2D eigenvalue weighted by atomic mass is 35.5. The van der Waals surface area contributed by atoms with Crippen LogP contribution in [-0.2, 0) is 4.74 Å². The molecule has 8 heteroatoms. The van der Waals surface area contributed by atoms with Gasteiger partial charge in [-0.25, -0.2) is 0 Å². The molecule has 1 aliphatic rings. The van der Waals surface area contributed by atoms with Gasteiger partial charge in [-0.05, 0) is 53.3 Å². The van der Waals surface area contributed by atoms with E-state index in [1.54, 1.807) is 29.5 Å². The SMILES string of the molecule is Cl.O=[N+]([O-])c1ccccc1OCCCN1CCC(OC(c2ccccc2)c2ccsc2)CC1. The molecule has 0 aliphatic carbocycles. The number of nitrogens with zero attached hydrogens (tertiary/aromatic N) is 2. The summed E-state index contributed by atoms with van der Waals surface area (Å²) in [4.78, 5) is 13.1. The third-order valence-electron chi connectivity index (χ3n) is 5.75. The molecule has 0 amide bonds. The minimum absolute atomic E-state index is 0. The molecule has 1 atom stereocenters. The van der Waals surface area contributed by atoms with Gasteiger partial charge in [0.2, 0.25) is 0 Å². The minimum atomic E-state index is -0.404. The number of piperidine rings is 1. The molecule has 2 heterocycles. The van der Waals surface area contributed by atoms with E-state index in [1.807, 2.05) is 6.07 Å². The first kappa shape index (κ1) is 25.2. The normalized spacial score (nSPS) is 15.5. The number of likely N-dealkylation sites (tertiary alicyclic amines) is 1. The van der Waals surface area contributed by atoms with Gasteiger partial charge in [0.1, 0.15) is 6.10 Å². The third-order valence-corrected chi connectivity index (χ3v) is 6.45. The number of nitro groups is 1. The molecule has 1 saturated heterocycles. The first-order chi connectivity index (χ1) is 15.7. The number of nitro benzene ring substituents is 1. The average Bonchev–Trinajstić information content (AvgIpc) is 3.36. The average molecular weight is 489 g/mol. The molecule has 4 rings (SSSR count). The van der Waals surface area contributed by atoms with Crippen molar-refractivity contribution in [2.45, 2.75) is 31.5 Å². The van der Waals surface area contributed by atoms with E-state index in [0.29, 0.717) is 12.4 Å². The first-order valence-electron chi connectivity index (χ1n) is 11.0. The predicted molar refractivity (Wildman–Crippen MR) is 134 cm³/mol. The molecule has 33 heavy (non-hydrogen) atoms. The Hall–Kier alpha value is -2.45. The van der Waals surface area contributed by atoms with Crippen molar-refractivity contribution in [1.29, 1.82) is 0 Å². The van der Waals surface area contributed by atoms with Crippen LogP contribution in [-0.4, -0.2) is 42.2 Å². The van der Waals surface area contributed by atoms with Crippen molar-refractivity contribution in [3.63, 3.8) is 0 Å². The molecule has 1 aromatic heterocycles. The summed E-state index contributed by atoms with van der Waals surface area (Å²) in [6.45, 7) is 3.36. The molecule has 6 nitrogen and oxygen atoms in total. The lowest BCUT2D eigenvalue weighted by atomic mass is 10.0. The molecular weight excluding hydrogens is 460 g/mol. The molecule has 0 bridgehead atoms. The van der Waals surface area contributed by atoms with Crippen molar-refractivity contribution in [2.24, 2.45) is 0 Å². The van der Waals surface area contributed by atoms with Gasteiger partial charge in [0.15, 0.2) is 5.75 Å². The summed E-state index contributed by atoms with van der Waals surface area (Å²) in [6, 6.07) is 19.1. The maximum Gasteiger partial charge on any atom is 0.310 e. The summed E-state index contributed by atoms with van der Waals surface area (Å²) in [5.41, 5.74) is 2.43. The third kappa shape index (κ3) is 7.01. The van der Waals surface area contributed by atoms with Crippen LogP contribution in [0.5, 0.6) is 5.75 Å². The summed E-state index contributed by atoms with van der Waals surface area (Å²) in [6.07, 6.45) is 3.05. The Bertz CT molecular complexity index is 979. The second-order valence-electron chi connectivity index (χ2n) is 7.95. The van der Waals surface area contributed by atoms with Crippen LogP contribution >= 0.6 is 23.7 Å². The van der Waals surface area contributed by atoms with E-state index >= 15 is 0 Å². The van der Waals surface area contributed by atoms with Crippen LogP contribution in [0.1, 0.15) is 36.5 Å². The van der Waals surface area contributed by atoms with Gasteiger partial charge in [-0.15, -0.1) is 12.4 Å². The van der Waals surface area contributed by atoms with Gasteiger partial charge in [0.05, 0.1) is 17.6 Å². The Balaban J connectivity index is 0.00000306. The lowest BCUT2D eigenvalue weighted by Crippen LogP contribution is -2.38. The van der Waals surface area contributed by atoms with Crippen LogP contribution in [0.15, 0.2) is 71.4 Å². The molecule has 1 unspecified atom stereocenters. The van der Waals surface area contributed by atoms with E-state index in [1.165, 1.54) is 17.2 Å². The van der Waals surface area contributed by atoms with E-state index in [-0.39, 0.29) is 30.3 Å². The van der Waals surface area contributed by atoms with Crippen molar-refractivity contribution in [1.82, 2.24) is 4.90 Å². The number of hydrogen-bond donors (Lipinski definition) is 0. The zero-order valence-corrected chi connectivity index (χ0v) is 20.0. The van der Waals surface area contributed by atoms with E-state index in [9.17, 15) is 10.1 Å². The summed E-state index contributed by atoms with van der Waals surface area (Å²) in [5, 5.41) is 15.4. The van der Waals surface area contributed by atoms with Gasteiger partial charge < -0.3 is 14.4 Å². The van der Waals surface area contributed by atoms with Crippen molar-refractivity contribution in [3.8, 4) is 5.75 Å². The van der Waals surface area contributed by atoms with E-state index < -0.39 is 4.92 Å². The lowest BCUT2D eigenvalue weighted by Gasteiger charge is -2.34. The Kier molecular flexibility index (Phi) is 9.69. The summed E-state index contributed by atoms with van der Waals surface area (Å²) in [7, 11) is 0. The van der Waals surface area contributed by atoms with E-state index in [2.05, 4.69) is 46.0 Å². The number of rotatable bonds is 10. The molecule has 0 radical (unpaired) electrons. The van der Waals surface area contributed by atoms with Crippen LogP contribution in [0.3, 0.4) is 0 Å². The van der Waals surface area contributed by atoms with E-state index in [0.717, 1.165) is 38.9 Å². The highest BCUT2D eigenvalue weighted by Crippen LogP contribution is 2.31. The number of thiophene rings is 1. The van der Waals surface area contributed by atoms with Gasteiger partial charge in [0, 0.05) is 25.7 Å². The molecular formula is C25H29ClN2O4S. The number of para-hydroxylation sites is 2. The van der Waals surface area contributed by atoms with Crippen LogP contribution in [0, 0.1) is 10.1 Å². The Morgan fingerprint density at radius 3 is 2.45 bits per heavy atom. The zero-order chi connectivity index (χ0) is 22.2. The van der Waals surface area contributed by atoms with Crippen LogP contribution in [0.4, 0.5) is 5.69 Å². The quantitative estimate of drug-likeness (QED) is 0.195. The number of benzene rings is 2. The summed E-state index contributed by atoms with van der Waals surface area (Å²) < 4.78 is 12.2. The maximum absolute atomic E-state index is 11.1. The fourth-order valence-corrected chi connectivity index (χ4v) is 4.74. The van der Waals surface area contributed by atoms with Gasteiger partial charge in [-0.3, -0.25) is 10.1 Å². The molecule has 0 saturated carbocycles. The summed E-state index contributed by atoms with van der Waals surface area (Å²) >= 11 is 1.70. The second-order valence-corrected chi connectivity index (χ2v) is 8.73. The molecule has 3 aromatic rings. The number of halogens is 1. The smallest absolute Gasteiger partial charge is 0.310 e. The van der Waals surface area contributed by atoms with Crippen LogP contribution < -0.4 is 4.74 Å². The van der Waals surface area contributed by atoms with E-state index in [4.69, 9.17) is 9.47 Å². The van der Waals surface area contributed by atoms with Gasteiger partial charge in [-0.2, -0.15) is 11.3 Å². The Labute approximate surface area is 204 Å². The first-order valence-corrected chi connectivity index (χ1v) is 12.0. The fraction of sp³-hybridized carbons (Fsp3) is 0.360. The van der Waals surface area contributed by atoms with Crippen molar-refractivity contribution >= 4 is 29.4 Å². The highest BCUT2D eigenvalue weighted by molar-refractivity contribution is 7.08. The maximum atomic E-state index is 11.1. The van der Waals surface area contributed by atoms with Crippen LogP contribution in [0.2, 0.25) is 0 Å². The molecule has 1 aliphatic heterocycles. The molecule has 0 spiro atoms. The largest absolute Gasteiger partial charge is 0.487 e. The Morgan fingerprint density at radius 1 is 1.03 bits per heavy atom. The Morgan fingerprint density at radius 2 is 1.76 bits per heavy atom.